The van der Waals surface area contributed by atoms with Gasteiger partial charge in [0.2, 0.25) is 0 Å². The fraction of sp³-hybridized carbons (Fsp3) is 1.00. The molecule has 0 saturated heterocycles. The first-order valence-corrected chi connectivity index (χ1v) is 1.84. The summed E-state index contributed by atoms with van der Waals surface area (Å²) < 4.78 is 0. The average Bonchev–Trinajstić information content (AvgIpc) is 1.35. The third-order valence-electron chi connectivity index (χ3n) is 0.440. The van der Waals surface area contributed by atoms with E-state index in [0.717, 1.165) is 0 Å². The fourth-order valence-electron chi connectivity index (χ4n) is 0. The highest BCUT2D eigenvalue weighted by atomic mass is 13.9. The van der Waals surface area contributed by atoms with Crippen LogP contribution in [0.2, 0.25) is 11.5 Å². The topological polar surface area (TPSA) is 0 Å². The van der Waals surface area contributed by atoms with Crippen molar-refractivity contribution < 1.29 is 0 Å². The smallest absolute Gasteiger partial charge is 0.0640 e. The van der Waals surface area contributed by atoms with Crippen LogP contribution in [0.15, 0.2) is 0 Å². The van der Waals surface area contributed by atoms with Gasteiger partial charge in [0, 0.05) is 0 Å². The van der Waals surface area contributed by atoms with Gasteiger partial charge in [0.05, 0.1) is 23.5 Å². The Morgan fingerprint density at radius 2 is 1.67 bits per heavy atom. The maximum absolute atomic E-state index is 5.19. The van der Waals surface area contributed by atoms with Crippen LogP contribution in [0.4, 0.5) is 0 Å². The summed E-state index contributed by atoms with van der Waals surface area (Å²) in [4.78, 5) is 0. The molecule has 0 rings (SSSR count). The number of hydrogen-bond donors (Lipinski definition) is 0. The fourth-order valence-corrected chi connectivity index (χ4v) is 0. The number of hydrogen-bond acceptors (Lipinski definition) is 0. The molecule has 0 saturated carbocycles. The molecule has 0 N–H and O–H groups in total. The quantitative estimate of drug-likeness (QED) is 0.385. The monoisotopic (exact) mass is 74.1 g/mol. The molecule has 0 aliphatic carbocycles. The van der Waals surface area contributed by atoms with Crippen LogP contribution in [0.1, 0.15) is 6.92 Å². The van der Waals surface area contributed by atoms with Crippen LogP contribution in [0.25, 0.3) is 0 Å². The Bertz CT molecular complexity index is 35.8. The minimum Gasteiger partial charge on any atom is -0.109 e. The summed E-state index contributed by atoms with van der Waals surface area (Å²) in [6.07, 6.45) is 0.326. The Morgan fingerprint density at radius 3 is 1.67 bits per heavy atom. The first kappa shape index (κ1) is 6.19. The van der Waals surface area contributed by atoms with Crippen molar-refractivity contribution in [3.05, 3.63) is 0 Å². The molecule has 0 aromatic rings. The molecule has 6 radical (unpaired) electrons. The molecule has 6 heavy (non-hydrogen) atoms. The Balaban J connectivity index is 3.17. The van der Waals surface area contributed by atoms with E-state index in [1.165, 1.54) is 0 Å². The van der Waals surface area contributed by atoms with E-state index in [2.05, 4.69) is 0 Å². The molecular formula is C3H5B3. The van der Waals surface area contributed by atoms with Gasteiger partial charge in [0.1, 0.15) is 0 Å². The van der Waals surface area contributed by atoms with Crippen LogP contribution in [-0.4, -0.2) is 23.5 Å². The summed E-state index contributed by atoms with van der Waals surface area (Å²) in [5.74, 6) is 0. The summed E-state index contributed by atoms with van der Waals surface area (Å²) in [5, 5.41) is -0.681. The predicted molar refractivity (Wildman–Crippen MR) is 30.4 cm³/mol. The molecule has 0 amide bonds. The molecule has 0 fully saturated rings. The molecule has 0 aromatic heterocycles. The molecule has 26 valence electrons. The normalized spacial score (nSPS) is 11.5. The van der Waals surface area contributed by atoms with Gasteiger partial charge in [-0.25, -0.2) is 0 Å². The molecule has 0 aromatic carbocycles. The van der Waals surface area contributed by atoms with Gasteiger partial charge in [0.15, 0.2) is 0 Å². The van der Waals surface area contributed by atoms with Gasteiger partial charge >= 0.3 is 0 Å². The van der Waals surface area contributed by atoms with E-state index in [0.29, 0.717) is 6.32 Å². The molecule has 0 aliphatic heterocycles. The highest BCUT2D eigenvalue weighted by molar-refractivity contribution is 6.42. The largest absolute Gasteiger partial charge is 0.109 e. The maximum atomic E-state index is 5.19. The number of rotatable bonds is 1. The average molecular weight is 73.5 g/mol. The second-order valence-electron chi connectivity index (χ2n) is 1.71. The van der Waals surface area contributed by atoms with Gasteiger partial charge in [-0.2, -0.15) is 0 Å². The summed E-state index contributed by atoms with van der Waals surface area (Å²) >= 11 is 0. The highest BCUT2D eigenvalue weighted by Gasteiger charge is 2.02. The van der Waals surface area contributed by atoms with E-state index < -0.39 is 5.21 Å². The van der Waals surface area contributed by atoms with E-state index in [4.69, 9.17) is 23.5 Å². The zero-order valence-electron chi connectivity index (χ0n) is 3.94. The Labute approximate surface area is 42.9 Å². The minimum absolute atomic E-state index is 0.326. The van der Waals surface area contributed by atoms with Gasteiger partial charge in [-0.3, -0.25) is 0 Å². The van der Waals surface area contributed by atoms with Crippen molar-refractivity contribution in [3.8, 4) is 0 Å². The zero-order chi connectivity index (χ0) is 5.21. The van der Waals surface area contributed by atoms with Gasteiger partial charge in [-0.15, -0.1) is 5.21 Å². The molecule has 0 spiro atoms. The van der Waals surface area contributed by atoms with Crippen LogP contribution in [0.3, 0.4) is 0 Å². The van der Waals surface area contributed by atoms with Crippen LogP contribution in [0.5, 0.6) is 0 Å². The van der Waals surface area contributed by atoms with Crippen LogP contribution >= 0.6 is 0 Å². The Hall–Kier alpha value is 0.195. The summed E-state index contributed by atoms with van der Waals surface area (Å²) in [6, 6.07) is 0. The second-order valence-corrected chi connectivity index (χ2v) is 1.71. The molecule has 0 bridgehead atoms. The minimum atomic E-state index is -0.681. The van der Waals surface area contributed by atoms with Crippen LogP contribution < -0.4 is 0 Å². The highest BCUT2D eigenvalue weighted by Crippen LogP contribution is 2.15. The molecule has 0 nitrogen and oxygen atoms in total. The first-order chi connectivity index (χ1) is 2.56. The zero-order valence-corrected chi connectivity index (χ0v) is 3.94. The lowest BCUT2D eigenvalue weighted by molar-refractivity contribution is 0.967. The lowest BCUT2D eigenvalue weighted by Gasteiger charge is -2.13. The van der Waals surface area contributed by atoms with Crippen molar-refractivity contribution in [2.24, 2.45) is 0 Å². The van der Waals surface area contributed by atoms with E-state index in [1.807, 2.05) is 0 Å². The van der Waals surface area contributed by atoms with Gasteiger partial charge in [0.25, 0.3) is 0 Å². The van der Waals surface area contributed by atoms with Crippen molar-refractivity contribution in [3.63, 3.8) is 0 Å². The van der Waals surface area contributed by atoms with Gasteiger partial charge in [-0.1, -0.05) is 13.2 Å². The van der Waals surface area contributed by atoms with E-state index in [-0.39, 0.29) is 0 Å². The SMILES string of the molecule is [B]CC([B])([B])C. The van der Waals surface area contributed by atoms with Crippen molar-refractivity contribution >= 4 is 23.5 Å². The lowest BCUT2D eigenvalue weighted by atomic mass is 9.51. The van der Waals surface area contributed by atoms with E-state index in [9.17, 15) is 0 Å². The van der Waals surface area contributed by atoms with Crippen molar-refractivity contribution in [1.29, 1.82) is 0 Å². The molecule has 0 unspecified atom stereocenters. The van der Waals surface area contributed by atoms with Crippen molar-refractivity contribution in [1.82, 2.24) is 0 Å². The summed E-state index contributed by atoms with van der Waals surface area (Å²) in [5.41, 5.74) is 0. The molecule has 0 aliphatic rings. The molecule has 3 heteroatoms. The van der Waals surface area contributed by atoms with Crippen molar-refractivity contribution in [2.45, 2.75) is 18.5 Å². The summed E-state index contributed by atoms with van der Waals surface area (Å²) in [6.45, 7) is 1.67. The van der Waals surface area contributed by atoms with E-state index >= 15 is 0 Å². The predicted octanol–water partition coefficient (Wildman–Crippen LogP) is 0.0463. The Kier molecular flexibility index (Phi) is 1.82. The van der Waals surface area contributed by atoms with Gasteiger partial charge in [-0.05, 0) is 0 Å². The standard InChI is InChI=1S/C3H5B3/c1-3(5,6)2-4/h2H2,1H3. The third-order valence-corrected chi connectivity index (χ3v) is 0.440. The second kappa shape index (κ2) is 1.77. The van der Waals surface area contributed by atoms with Gasteiger partial charge < -0.3 is 0 Å². The third kappa shape index (κ3) is 4.19. The van der Waals surface area contributed by atoms with Crippen LogP contribution in [-0.2, 0) is 0 Å². The lowest BCUT2D eigenvalue weighted by Crippen LogP contribution is -2.04. The van der Waals surface area contributed by atoms with Crippen LogP contribution in [0, 0.1) is 0 Å². The molecule has 0 heterocycles. The van der Waals surface area contributed by atoms with E-state index in [1.54, 1.807) is 6.92 Å². The molecule has 0 atom stereocenters. The van der Waals surface area contributed by atoms with Crippen molar-refractivity contribution in [2.75, 3.05) is 0 Å². The Morgan fingerprint density at radius 1 is 1.50 bits per heavy atom. The summed E-state index contributed by atoms with van der Waals surface area (Å²) in [7, 11) is 15.4. The maximum Gasteiger partial charge on any atom is 0.0640 e. The molecular weight excluding hydrogens is 68.5 g/mol. The first-order valence-electron chi connectivity index (χ1n) is 1.84.